The summed E-state index contributed by atoms with van der Waals surface area (Å²) in [6.07, 6.45) is 0. The molecule has 0 fully saturated rings. The maximum absolute atomic E-state index is 12.4. The summed E-state index contributed by atoms with van der Waals surface area (Å²) >= 11 is 6.19. The highest BCUT2D eigenvalue weighted by molar-refractivity contribution is 7.89. The molecule has 0 bridgehead atoms. The van der Waals surface area contributed by atoms with Gasteiger partial charge in [0, 0.05) is 12.1 Å². The van der Waals surface area contributed by atoms with Crippen molar-refractivity contribution in [2.75, 3.05) is 7.05 Å². The number of nitrogens with zero attached hydrogens (tertiary/aromatic N) is 2. The van der Waals surface area contributed by atoms with Crippen LogP contribution < -0.4 is 10.0 Å². The highest BCUT2D eigenvalue weighted by Gasteiger charge is 2.13. The molecule has 2 N–H and O–H groups in total. The van der Waals surface area contributed by atoms with Gasteiger partial charge in [-0.2, -0.15) is 5.10 Å². The van der Waals surface area contributed by atoms with Crippen molar-refractivity contribution in [1.82, 2.24) is 19.8 Å². The van der Waals surface area contributed by atoms with E-state index in [1.165, 1.54) is 19.2 Å². The van der Waals surface area contributed by atoms with Gasteiger partial charge in [-0.15, -0.1) is 0 Å². The third-order valence-corrected chi connectivity index (χ3v) is 6.51. The summed E-state index contributed by atoms with van der Waals surface area (Å²) in [5.41, 5.74) is 3.71. The van der Waals surface area contributed by atoms with E-state index in [-0.39, 0.29) is 17.3 Å². The number of amides is 1. The fourth-order valence-electron chi connectivity index (χ4n) is 2.82. The van der Waals surface area contributed by atoms with E-state index in [1.54, 1.807) is 28.9 Å². The van der Waals surface area contributed by atoms with Gasteiger partial charge in [-0.25, -0.2) is 17.8 Å². The van der Waals surface area contributed by atoms with Crippen LogP contribution >= 0.6 is 11.6 Å². The van der Waals surface area contributed by atoms with Crippen molar-refractivity contribution in [3.05, 3.63) is 76.1 Å². The molecule has 0 aliphatic heterocycles. The van der Waals surface area contributed by atoms with Crippen molar-refractivity contribution in [2.45, 2.75) is 25.3 Å². The van der Waals surface area contributed by atoms with Crippen molar-refractivity contribution < 1.29 is 13.2 Å². The van der Waals surface area contributed by atoms with Gasteiger partial charge in [0.15, 0.2) is 0 Å². The number of nitrogens with one attached hydrogen (secondary N) is 2. The number of rotatable bonds is 6. The Hall–Kier alpha value is -2.68. The zero-order valence-electron chi connectivity index (χ0n) is 16.2. The maximum Gasteiger partial charge on any atom is 0.251 e. The van der Waals surface area contributed by atoms with Gasteiger partial charge in [0.2, 0.25) is 10.0 Å². The molecule has 0 unspecified atom stereocenters. The van der Waals surface area contributed by atoms with Crippen molar-refractivity contribution in [1.29, 1.82) is 0 Å². The zero-order valence-corrected chi connectivity index (χ0v) is 17.8. The third-order valence-electron chi connectivity index (χ3n) is 4.53. The van der Waals surface area contributed by atoms with Crippen LogP contribution in [0.2, 0.25) is 5.02 Å². The van der Waals surface area contributed by atoms with Crippen LogP contribution in [0.3, 0.4) is 0 Å². The predicted molar refractivity (Wildman–Crippen MR) is 112 cm³/mol. The van der Waals surface area contributed by atoms with Gasteiger partial charge in [0.1, 0.15) is 0 Å². The Morgan fingerprint density at radius 3 is 2.21 bits per heavy atom. The van der Waals surface area contributed by atoms with Crippen LogP contribution in [0.1, 0.15) is 27.3 Å². The normalized spacial score (nSPS) is 11.4. The van der Waals surface area contributed by atoms with E-state index in [9.17, 15) is 13.2 Å². The molecule has 3 rings (SSSR count). The Labute approximate surface area is 174 Å². The highest BCUT2D eigenvalue weighted by atomic mass is 35.5. The quantitative estimate of drug-likeness (QED) is 0.626. The zero-order chi connectivity index (χ0) is 21.2. The first kappa shape index (κ1) is 21.0. The van der Waals surface area contributed by atoms with E-state index in [2.05, 4.69) is 15.1 Å². The Morgan fingerprint density at radius 2 is 1.69 bits per heavy atom. The molecular formula is C20H21ClN4O3S. The van der Waals surface area contributed by atoms with Crippen molar-refractivity contribution in [2.24, 2.45) is 0 Å². The van der Waals surface area contributed by atoms with Crippen LogP contribution in [0.15, 0.2) is 53.4 Å². The summed E-state index contributed by atoms with van der Waals surface area (Å²) in [5.74, 6) is -0.227. The lowest BCUT2D eigenvalue weighted by Gasteiger charge is -2.08. The summed E-state index contributed by atoms with van der Waals surface area (Å²) in [6.45, 7) is 4.01. The Balaban J connectivity index is 1.66. The second kappa shape index (κ2) is 8.36. The van der Waals surface area contributed by atoms with E-state index >= 15 is 0 Å². The average molecular weight is 433 g/mol. The smallest absolute Gasteiger partial charge is 0.251 e. The second-order valence-corrected chi connectivity index (χ2v) is 8.74. The Kier molecular flexibility index (Phi) is 6.07. The third kappa shape index (κ3) is 4.50. The summed E-state index contributed by atoms with van der Waals surface area (Å²) in [4.78, 5) is 12.6. The van der Waals surface area contributed by atoms with Crippen LogP contribution in [0.4, 0.5) is 0 Å². The highest BCUT2D eigenvalue weighted by Crippen LogP contribution is 2.22. The van der Waals surface area contributed by atoms with E-state index in [1.807, 2.05) is 26.0 Å². The summed E-state index contributed by atoms with van der Waals surface area (Å²) in [6, 6.07) is 13.4. The minimum Gasteiger partial charge on any atom is -0.348 e. The van der Waals surface area contributed by atoms with Gasteiger partial charge in [-0.3, -0.25) is 4.79 Å². The van der Waals surface area contributed by atoms with Crippen LogP contribution in [0, 0.1) is 13.8 Å². The minimum atomic E-state index is -3.47. The number of aromatic nitrogens is 2. The number of hydrogen-bond acceptors (Lipinski definition) is 4. The van der Waals surface area contributed by atoms with Gasteiger partial charge in [0.05, 0.1) is 27.0 Å². The number of benzene rings is 2. The van der Waals surface area contributed by atoms with Gasteiger partial charge in [-0.05, 0) is 62.9 Å². The van der Waals surface area contributed by atoms with Crippen LogP contribution in [-0.2, 0) is 16.6 Å². The van der Waals surface area contributed by atoms with Crippen molar-refractivity contribution in [3.63, 3.8) is 0 Å². The molecule has 152 valence electrons. The van der Waals surface area contributed by atoms with E-state index in [0.717, 1.165) is 22.6 Å². The first-order chi connectivity index (χ1) is 13.7. The van der Waals surface area contributed by atoms with Crippen LogP contribution in [0.5, 0.6) is 0 Å². The lowest BCUT2D eigenvalue weighted by Crippen LogP contribution is -2.23. The lowest BCUT2D eigenvalue weighted by atomic mass is 10.1. The van der Waals surface area contributed by atoms with E-state index < -0.39 is 10.0 Å². The number of halogens is 1. The molecule has 0 aliphatic rings. The Bertz CT molecular complexity index is 1140. The average Bonchev–Trinajstić information content (AvgIpc) is 2.99. The van der Waals surface area contributed by atoms with Crippen LogP contribution in [-0.4, -0.2) is 31.2 Å². The van der Waals surface area contributed by atoms with Crippen molar-refractivity contribution in [3.8, 4) is 5.69 Å². The Morgan fingerprint density at radius 1 is 1.07 bits per heavy atom. The molecule has 0 saturated carbocycles. The number of sulfonamides is 1. The largest absolute Gasteiger partial charge is 0.348 e. The molecule has 2 aromatic carbocycles. The number of carbonyl (C=O) groups is 1. The van der Waals surface area contributed by atoms with Crippen molar-refractivity contribution >= 4 is 27.5 Å². The molecule has 0 aliphatic carbocycles. The number of aryl methyl sites for hydroxylation is 1. The fraction of sp³-hybridized carbons (Fsp3) is 0.200. The van der Waals surface area contributed by atoms with Crippen LogP contribution in [0.25, 0.3) is 5.69 Å². The molecule has 0 radical (unpaired) electrons. The molecule has 0 atom stereocenters. The number of hydrogen-bond donors (Lipinski definition) is 2. The molecule has 9 heteroatoms. The monoisotopic (exact) mass is 432 g/mol. The van der Waals surface area contributed by atoms with Gasteiger partial charge < -0.3 is 5.32 Å². The molecule has 29 heavy (non-hydrogen) atoms. The molecule has 0 saturated heterocycles. The summed E-state index contributed by atoms with van der Waals surface area (Å²) < 4.78 is 27.5. The summed E-state index contributed by atoms with van der Waals surface area (Å²) in [5, 5.41) is 7.85. The lowest BCUT2D eigenvalue weighted by molar-refractivity contribution is 0.0951. The molecule has 0 spiro atoms. The van der Waals surface area contributed by atoms with E-state index in [4.69, 9.17) is 11.6 Å². The second-order valence-electron chi connectivity index (χ2n) is 6.48. The number of carbonyl (C=O) groups excluding carboxylic acids is 1. The first-order valence-electron chi connectivity index (χ1n) is 8.86. The maximum atomic E-state index is 12.4. The topological polar surface area (TPSA) is 93.1 Å². The van der Waals surface area contributed by atoms with Gasteiger partial charge in [0.25, 0.3) is 5.91 Å². The SMILES string of the molecule is CNS(=O)(=O)c1ccc(CNC(=O)c2ccc(-n3nc(C)c(Cl)c3C)cc2)cc1. The molecular weight excluding hydrogens is 412 g/mol. The molecule has 1 heterocycles. The standard InChI is InChI=1S/C20H21ClN4O3S/c1-13-19(21)14(2)25(24-13)17-8-6-16(7-9-17)20(26)23-12-15-4-10-18(11-5-15)29(27,28)22-3/h4-11,22H,12H2,1-3H3,(H,23,26). The van der Waals surface area contributed by atoms with Gasteiger partial charge in [-0.1, -0.05) is 23.7 Å². The van der Waals surface area contributed by atoms with Gasteiger partial charge >= 0.3 is 0 Å². The molecule has 3 aromatic rings. The molecule has 1 aromatic heterocycles. The molecule has 7 nitrogen and oxygen atoms in total. The summed E-state index contributed by atoms with van der Waals surface area (Å²) in [7, 11) is -2.11. The predicted octanol–water partition coefficient (Wildman–Crippen LogP) is 2.98. The fourth-order valence-corrected chi connectivity index (χ4v) is 3.67. The minimum absolute atomic E-state index is 0.176. The first-order valence-corrected chi connectivity index (χ1v) is 10.7. The van der Waals surface area contributed by atoms with E-state index in [0.29, 0.717) is 10.6 Å². The molecule has 1 amide bonds.